The number of nitrogens with zero attached hydrogens (tertiary/aromatic N) is 3. The molecule has 5 heterocycles. The van der Waals surface area contributed by atoms with Gasteiger partial charge in [0.1, 0.15) is 12.4 Å². The van der Waals surface area contributed by atoms with Crippen molar-refractivity contribution in [2.75, 3.05) is 79.0 Å². The number of rotatable bonds is 36. The Balaban J connectivity index is 0.691. The maximum absolute atomic E-state index is 15.4. The summed E-state index contributed by atoms with van der Waals surface area (Å²) in [5.41, 5.74) is 2.24. The molecule has 0 radical (unpaired) electrons. The van der Waals surface area contributed by atoms with Gasteiger partial charge in [-0.1, -0.05) is 37.3 Å². The van der Waals surface area contributed by atoms with E-state index in [0.29, 0.717) is 78.3 Å². The predicted octanol–water partition coefficient (Wildman–Crippen LogP) is 1.96. The number of fused-ring (bicyclic) bond motifs is 5. The molecule has 0 unspecified atom stereocenters. The van der Waals surface area contributed by atoms with Crippen molar-refractivity contribution in [2.24, 2.45) is 0 Å². The third-order valence-corrected chi connectivity index (χ3v) is 16.0. The molecule has 3 atom stereocenters. The van der Waals surface area contributed by atoms with E-state index in [0.717, 1.165) is 28.2 Å². The Hall–Kier alpha value is -8.43. The Bertz CT molecular complexity index is 3430. The summed E-state index contributed by atoms with van der Waals surface area (Å²) in [6.45, 7) is 5.19. The Morgan fingerprint density at radius 3 is 2.10 bits per heavy atom. The summed E-state index contributed by atoms with van der Waals surface area (Å²) >= 11 is 0. The van der Waals surface area contributed by atoms with E-state index in [2.05, 4.69) is 26.6 Å². The van der Waals surface area contributed by atoms with Crippen LogP contribution in [-0.4, -0.2) is 164 Å². The third kappa shape index (κ3) is 17.3. The lowest BCUT2D eigenvalue weighted by atomic mass is 9.81. The summed E-state index contributed by atoms with van der Waals surface area (Å²) in [7, 11) is 0. The number of carbonyl (C=O) groups excluding carboxylic acids is 10. The van der Waals surface area contributed by atoms with E-state index in [9.17, 15) is 57.8 Å². The van der Waals surface area contributed by atoms with Crippen molar-refractivity contribution in [3.05, 3.63) is 110 Å². The largest absolute Gasteiger partial charge is 0.458 e. The fraction of sp³-hybridized carbons (Fsp3) is 0.492. The number of halogens is 1. The van der Waals surface area contributed by atoms with Gasteiger partial charge in [-0.25, -0.2) is 14.2 Å². The van der Waals surface area contributed by atoms with E-state index in [1.165, 1.54) is 10.6 Å². The first-order valence-corrected chi connectivity index (χ1v) is 30.0. The molecule has 2 aromatic heterocycles. The number of cyclic esters (lactones) is 1. The standard InChI is InChI=1S/C63H75FN8O17/c1-3-63(84)44-33-49-60-42(36-72(49)61(82)43(44)37-89-62(63)83)59-46(13-12-41-38(2)45(64)34-48(70-60)58(41)59)68-54(78)10-7-21-65-51(75)16-14-50(74)47(32-39-8-5-4-6-9-39)69-55(79)15-11-40(73)35-67-53(77)20-24-85-26-28-87-30-31-88-29-27-86-25-22-66-52(76)19-23-71-56(80)17-18-57(71)81/h4-6,8-9,17-18,33-34,46-47,84H,3,7,10-16,19-32,35-37H2,1-2H3,(H,65,75)(H,66,76)(H,67,77)(H,68,78)(H,69,79)/t46-,47-,63-/m0/s1. The number of carbonyl (C=O) groups is 10. The van der Waals surface area contributed by atoms with Gasteiger partial charge in [0.2, 0.25) is 29.5 Å². The molecule has 7 amide bonds. The summed E-state index contributed by atoms with van der Waals surface area (Å²) < 4.78 is 43.9. The molecule has 8 rings (SSSR count). The first-order chi connectivity index (χ1) is 42.9. The number of aryl methyl sites for hydroxylation is 1. The van der Waals surface area contributed by atoms with E-state index < -0.39 is 76.1 Å². The predicted molar refractivity (Wildman–Crippen MR) is 316 cm³/mol. The van der Waals surface area contributed by atoms with Crippen LogP contribution in [0.15, 0.2) is 59.4 Å². The van der Waals surface area contributed by atoms with E-state index in [-0.39, 0.29) is 153 Å². The lowest BCUT2D eigenvalue weighted by Crippen LogP contribution is -2.44. The summed E-state index contributed by atoms with van der Waals surface area (Å²) in [4.78, 5) is 146. The molecule has 0 spiro atoms. The Kier molecular flexibility index (Phi) is 23.7. The van der Waals surface area contributed by atoms with Crippen LogP contribution in [0.1, 0.15) is 116 Å². The van der Waals surface area contributed by atoms with E-state index in [1.807, 2.05) is 6.07 Å². The normalized spacial score (nSPS) is 16.5. The number of imide groups is 1. The Morgan fingerprint density at radius 1 is 0.742 bits per heavy atom. The summed E-state index contributed by atoms with van der Waals surface area (Å²) in [5.74, 6) is -5.02. The van der Waals surface area contributed by atoms with Crippen molar-refractivity contribution in [2.45, 2.75) is 122 Å². The maximum atomic E-state index is 15.4. The Morgan fingerprint density at radius 2 is 1.39 bits per heavy atom. The van der Waals surface area contributed by atoms with E-state index in [4.69, 9.17) is 28.7 Å². The number of nitrogens with one attached hydrogen (secondary N) is 5. The quantitative estimate of drug-likeness (QED) is 0.0190. The number of benzene rings is 2. The van der Waals surface area contributed by atoms with Crippen molar-refractivity contribution in [1.29, 1.82) is 0 Å². The van der Waals surface area contributed by atoms with Crippen LogP contribution in [0.2, 0.25) is 0 Å². The summed E-state index contributed by atoms with van der Waals surface area (Å²) in [5, 5.41) is 25.9. The van der Waals surface area contributed by atoms with Crippen LogP contribution in [0.5, 0.6) is 0 Å². The molecule has 6 N–H and O–H groups in total. The molecule has 25 nitrogen and oxygen atoms in total. The average Bonchev–Trinajstić information content (AvgIpc) is 1.69. The van der Waals surface area contributed by atoms with E-state index >= 15 is 4.39 Å². The van der Waals surface area contributed by atoms with Gasteiger partial charge in [0, 0.05) is 99.3 Å². The molecule has 2 aromatic carbocycles. The van der Waals surface area contributed by atoms with Gasteiger partial charge < -0.3 is 59.9 Å². The molecular formula is C63H75FN8O17. The first kappa shape index (κ1) is 66.5. The maximum Gasteiger partial charge on any atom is 0.343 e. The molecule has 1 aliphatic carbocycles. The molecule has 0 saturated carbocycles. The highest BCUT2D eigenvalue weighted by molar-refractivity contribution is 6.13. The van der Waals surface area contributed by atoms with Crippen molar-refractivity contribution in [3.8, 4) is 11.4 Å². The summed E-state index contributed by atoms with van der Waals surface area (Å²) in [6, 6.07) is 10.4. The number of hydrogen-bond acceptors (Lipinski definition) is 18. The summed E-state index contributed by atoms with van der Waals surface area (Å²) in [6.07, 6.45) is 2.72. The van der Waals surface area contributed by atoms with Gasteiger partial charge in [0.05, 0.1) is 100 Å². The number of esters is 1. The van der Waals surface area contributed by atoms with Crippen molar-refractivity contribution < 1.29 is 81.1 Å². The van der Waals surface area contributed by atoms with Crippen LogP contribution in [0.25, 0.3) is 22.3 Å². The second-order valence-electron chi connectivity index (χ2n) is 22.0. The number of hydrogen-bond donors (Lipinski definition) is 6. The van der Waals surface area contributed by atoms with Crippen LogP contribution in [-0.2, 0) is 103 Å². The zero-order valence-electron chi connectivity index (χ0n) is 49.9. The molecule has 0 bridgehead atoms. The number of amides is 7. The molecule has 4 aromatic rings. The molecule has 4 aliphatic rings. The van der Waals surface area contributed by atoms with Gasteiger partial charge in [-0.3, -0.25) is 52.8 Å². The second-order valence-corrected chi connectivity index (χ2v) is 22.0. The number of pyridine rings is 2. The Labute approximate surface area is 512 Å². The number of ketones is 2. The topological polar surface area (TPSA) is 335 Å². The number of ether oxygens (including phenoxy) is 5. The van der Waals surface area contributed by atoms with Gasteiger partial charge in [-0.05, 0) is 67.3 Å². The fourth-order valence-electron chi connectivity index (χ4n) is 11.1. The monoisotopic (exact) mass is 1230 g/mol. The zero-order valence-corrected chi connectivity index (χ0v) is 49.9. The van der Waals surface area contributed by atoms with Gasteiger partial charge in [-0.15, -0.1) is 0 Å². The number of aromatic nitrogens is 2. The van der Waals surface area contributed by atoms with Gasteiger partial charge in [-0.2, -0.15) is 0 Å². The number of Topliss-reactive ketones (excluding diaryl/α,β-unsaturated/α-hetero) is 2. The van der Waals surface area contributed by atoms with Crippen molar-refractivity contribution in [1.82, 2.24) is 41.0 Å². The van der Waals surface area contributed by atoms with Gasteiger partial charge in [0.15, 0.2) is 17.2 Å². The minimum atomic E-state index is -2.04. The smallest absolute Gasteiger partial charge is 0.343 e. The lowest BCUT2D eigenvalue weighted by molar-refractivity contribution is -0.172. The second kappa shape index (κ2) is 31.7. The van der Waals surface area contributed by atoms with Crippen LogP contribution in [0.3, 0.4) is 0 Å². The van der Waals surface area contributed by atoms with Gasteiger partial charge >= 0.3 is 5.97 Å². The molecular weight excluding hydrogens is 1160 g/mol. The molecule has 89 heavy (non-hydrogen) atoms. The lowest BCUT2D eigenvalue weighted by Gasteiger charge is -2.31. The van der Waals surface area contributed by atoms with Crippen LogP contribution < -0.4 is 32.1 Å². The first-order valence-electron chi connectivity index (χ1n) is 30.0. The average molecular weight is 1240 g/mol. The van der Waals surface area contributed by atoms with Crippen molar-refractivity contribution in [3.63, 3.8) is 0 Å². The highest BCUT2D eigenvalue weighted by Gasteiger charge is 2.46. The minimum absolute atomic E-state index is 0.00202. The fourth-order valence-corrected chi connectivity index (χ4v) is 11.1. The molecule has 476 valence electrons. The molecule has 26 heteroatoms. The highest BCUT2D eigenvalue weighted by atomic mass is 19.1. The highest BCUT2D eigenvalue weighted by Crippen LogP contribution is 2.46. The molecule has 3 aliphatic heterocycles. The third-order valence-electron chi connectivity index (χ3n) is 16.0. The molecule has 0 fully saturated rings. The number of aliphatic hydroxyl groups is 1. The van der Waals surface area contributed by atoms with Crippen molar-refractivity contribution >= 4 is 69.8 Å². The van der Waals surface area contributed by atoms with Crippen LogP contribution in [0.4, 0.5) is 4.39 Å². The zero-order chi connectivity index (χ0) is 63.6. The SMILES string of the molecule is CC[C@@]1(O)C(=O)OCc2c1cc1n(c2=O)Cc2c-1nc1cc(F)c(C)c3c1c2[C@@H](NC(=O)CCCNC(=O)CCC(=O)[C@H](Cc1ccccc1)NC(=O)CCC(=O)CNC(=O)CCOCCOCCOCCOCCNC(=O)CCN1C(=O)C=CC1=O)CC3. The molecule has 0 saturated heterocycles. The minimum Gasteiger partial charge on any atom is -0.458 e. The van der Waals surface area contributed by atoms with Crippen LogP contribution >= 0.6 is 0 Å². The van der Waals surface area contributed by atoms with Gasteiger partial charge in [0.25, 0.3) is 17.4 Å². The van der Waals surface area contributed by atoms with Crippen LogP contribution in [0, 0.1) is 12.7 Å². The van der Waals surface area contributed by atoms with E-state index in [1.54, 1.807) is 44.2 Å².